The van der Waals surface area contributed by atoms with Crippen LogP contribution in [0.15, 0.2) is 48.5 Å². The lowest BCUT2D eigenvalue weighted by Crippen LogP contribution is -1.93. The first-order valence-corrected chi connectivity index (χ1v) is 5.13. The number of halogens is 1. The third kappa shape index (κ3) is 2.66. The van der Waals surface area contributed by atoms with Gasteiger partial charge in [-0.1, -0.05) is 30.3 Å². The summed E-state index contributed by atoms with van der Waals surface area (Å²) < 4.78 is 13.4. The zero-order valence-electron chi connectivity index (χ0n) is 8.97. The molecule has 0 aliphatic heterocycles. The monoisotopic (exact) mass is 231 g/mol. The first-order valence-electron chi connectivity index (χ1n) is 5.13. The predicted octanol–water partition coefficient (Wildman–Crippen LogP) is 3.32. The summed E-state index contributed by atoms with van der Waals surface area (Å²) in [4.78, 5) is 10.0. The molecule has 0 radical (unpaired) electrons. The summed E-state index contributed by atoms with van der Waals surface area (Å²) in [7, 11) is 0. The number of non-ortho nitro benzene ring substituents is 1. The molecule has 4 heteroatoms. The summed E-state index contributed by atoms with van der Waals surface area (Å²) in [6.07, 6.45) is 0.435. The molecule has 0 fully saturated rings. The molecule has 17 heavy (non-hydrogen) atoms. The third-order valence-corrected chi connectivity index (χ3v) is 2.50. The molecule has 0 saturated heterocycles. The van der Waals surface area contributed by atoms with Crippen molar-refractivity contribution in [2.24, 2.45) is 0 Å². The Hall–Kier alpha value is -2.23. The molecule has 0 atom stereocenters. The van der Waals surface area contributed by atoms with E-state index < -0.39 is 4.92 Å². The maximum Gasteiger partial charge on any atom is 0.269 e. The van der Waals surface area contributed by atoms with E-state index in [1.807, 2.05) is 0 Å². The summed E-state index contributed by atoms with van der Waals surface area (Å²) in [5.74, 6) is -0.258. The molecule has 0 aliphatic rings. The van der Waals surface area contributed by atoms with E-state index in [2.05, 4.69) is 0 Å². The highest BCUT2D eigenvalue weighted by molar-refractivity contribution is 5.35. The molecule has 0 bridgehead atoms. The molecule has 2 aromatic rings. The third-order valence-electron chi connectivity index (χ3n) is 2.50. The van der Waals surface area contributed by atoms with E-state index in [9.17, 15) is 14.5 Å². The minimum atomic E-state index is -0.452. The summed E-state index contributed by atoms with van der Waals surface area (Å²) in [6, 6.07) is 12.7. The molecule has 0 N–H and O–H groups in total. The molecule has 0 unspecified atom stereocenters. The standard InChI is InChI=1S/C13H10FNO2/c14-13-4-2-1-3-11(13)9-10-5-7-12(8-6-10)15(16)17/h1-8H,9H2. The van der Waals surface area contributed by atoms with Crippen molar-refractivity contribution in [1.29, 1.82) is 0 Å². The van der Waals surface area contributed by atoms with Gasteiger partial charge in [-0.25, -0.2) is 4.39 Å². The van der Waals surface area contributed by atoms with E-state index in [4.69, 9.17) is 0 Å². The summed E-state index contributed by atoms with van der Waals surface area (Å²) in [5.41, 5.74) is 1.48. The van der Waals surface area contributed by atoms with Crippen molar-refractivity contribution < 1.29 is 9.31 Å². The molecule has 0 saturated carbocycles. The second-order valence-corrected chi connectivity index (χ2v) is 3.69. The Morgan fingerprint density at radius 1 is 1.06 bits per heavy atom. The molecule has 0 amide bonds. The van der Waals surface area contributed by atoms with Crippen LogP contribution in [-0.2, 0) is 6.42 Å². The molecule has 3 nitrogen and oxygen atoms in total. The maximum absolute atomic E-state index is 13.4. The highest BCUT2D eigenvalue weighted by Gasteiger charge is 2.06. The van der Waals surface area contributed by atoms with Gasteiger partial charge in [0, 0.05) is 18.6 Å². The fourth-order valence-electron chi connectivity index (χ4n) is 1.60. The van der Waals surface area contributed by atoms with Gasteiger partial charge in [0.15, 0.2) is 0 Å². The smallest absolute Gasteiger partial charge is 0.258 e. The summed E-state index contributed by atoms with van der Waals surface area (Å²) in [5, 5.41) is 10.5. The van der Waals surface area contributed by atoms with Gasteiger partial charge in [0.05, 0.1) is 4.92 Å². The Kier molecular flexibility index (Phi) is 3.14. The van der Waals surface area contributed by atoms with Crippen molar-refractivity contribution in [2.75, 3.05) is 0 Å². The molecule has 2 aromatic carbocycles. The quantitative estimate of drug-likeness (QED) is 0.600. The van der Waals surface area contributed by atoms with Crippen LogP contribution in [0.5, 0.6) is 0 Å². The van der Waals surface area contributed by atoms with Crippen LogP contribution < -0.4 is 0 Å². The average Bonchev–Trinajstić information content (AvgIpc) is 2.33. The van der Waals surface area contributed by atoms with Crippen molar-refractivity contribution in [3.05, 3.63) is 75.6 Å². The molecular formula is C13H10FNO2. The topological polar surface area (TPSA) is 43.1 Å². The number of hydrogen-bond acceptors (Lipinski definition) is 2. The van der Waals surface area contributed by atoms with Crippen molar-refractivity contribution >= 4 is 5.69 Å². The van der Waals surface area contributed by atoms with Crippen LogP contribution in [0, 0.1) is 15.9 Å². The van der Waals surface area contributed by atoms with Crippen LogP contribution in [0.2, 0.25) is 0 Å². The summed E-state index contributed by atoms with van der Waals surface area (Å²) in [6.45, 7) is 0. The number of nitrogens with zero attached hydrogens (tertiary/aromatic N) is 1. The van der Waals surface area contributed by atoms with E-state index in [0.29, 0.717) is 12.0 Å². The SMILES string of the molecule is O=[N+]([O-])c1ccc(Cc2ccccc2F)cc1. The van der Waals surface area contributed by atoms with E-state index in [1.54, 1.807) is 30.3 Å². The van der Waals surface area contributed by atoms with Gasteiger partial charge in [-0.05, 0) is 17.2 Å². The Balaban J connectivity index is 2.20. The van der Waals surface area contributed by atoms with Gasteiger partial charge < -0.3 is 0 Å². The first-order chi connectivity index (χ1) is 8.16. The Morgan fingerprint density at radius 3 is 2.29 bits per heavy atom. The summed E-state index contributed by atoms with van der Waals surface area (Å²) >= 11 is 0. The van der Waals surface area contributed by atoms with Gasteiger partial charge in [-0.2, -0.15) is 0 Å². The number of hydrogen-bond donors (Lipinski definition) is 0. The average molecular weight is 231 g/mol. The van der Waals surface area contributed by atoms with Gasteiger partial charge in [-0.15, -0.1) is 0 Å². The van der Waals surface area contributed by atoms with Crippen molar-refractivity contribution in [2.45, 2.75) is 6.42 Å². The lowest BCUT2D eigenvalue weighted by atomic mass is 10.0. The minimum Gasteiger partial charge on any atom is -0.258 e. The maximum atomic E-state index is 13.4. The van der Waals surface area contributed by atoms with Gasteiger partial charge in [0.1, 0.15) is 5.82 Å². The van der Waals surface area contributed by atoms with Gasteiger partial charge >= 0.3 is 0 Å². The van der Waals surface area contributed by atoms with Crippen LogP contribution in [0.4, 0.5) is 10.1 Å². The minimum absolute atomic E-state index is 0.0438. The Labute approximate surface area is 97.7 Å². The van der Waals surface area contributed by atoms with Crippen molar-refractivity contribution in [3.63, 3.8) is 0 Å². The highest BCUT2D eigenvalue weighted by Crippen LogP contribution is 2.16. The Morgan fingerprint density at radius 2 is 1.71 bits per heavy atom. The predicted molar refractivity (Wildman–Crippen MR) is 62.3 cm³/mol. The fraction of sp³-hybridized carbons (Fsp3) is 0.0769. The van der Waals surface area contributed by atoms with E-state index in [1.165, 1.54) is 18.2 Å². The molecular weight excluding hydrogens is 221 g/mol. The van der Waals surface area contributed by atoms with Gasteiger partial charge in [0.2, 0.25) is 0 Å². The largest absolute Gasteiger partial charge is 0.269 e. The van der Waals surface area contributed by atoms with Gasteiger partial charge in [0.25, 0.3) is 5.69 Å². The second-order valence-electron chi connectivity index (χ2n) is 3.69. The molecule has 86 valence electrons. The van der Waals surface area contributed by atoms with Crippen molar-refractivity contribution in [3.8, 4) is 0 Å². The molecule has 2 rings (SSSR count). The fourth-order valence-corrected chi connectivity index (χ4v) is 1.60. The zero-order chi connectivity index (χ0) is 12.3. The van der Waals surface area contributed by atoms with E-state index in [0.717, 1.165) is 5.56 Å². The second kappa shape index (κ2) is 4.74. The highest BCUT2D eigenvalue weighted by atomic mass is 19.1. The van der Waals surface area contributed by atoms with E-state index in [-0.39, 0.29) is 11.5 Å². The van der Waals surface area contributed by atoms with Crippen LogP contribution in [0.1, 0.15) is 11.1 Å². The molecule has 0 heterocycles. The Bertz CT molecular complexity index is 537. The number of nitro groups is 1. The van der Waals surface area contributed by atoms with Crippen LogP contribution in [0.3, 0.4) is 0 Å². The van der Waals surface area contributed by atoms with E-state index >= 15 is 0 Å². The molecule has 0 aliphatic carbocycles. The van der Waals surface area contributed by atoms with Crippen LogP contribution >= 0.6 is 0 Å². The number of rotatable bonds is 3. The zero-order valence-corrected chi connectivity index (χ0v) is 8.97. The lowest BCUT2D eigenvalue weighted by Gasteiger charge is -2.02. The lowest BCUT2D eigenvalue weighted by molar-refractivity contribution is -0.384. The van der Waals surface area contributed by atoms with Crippen molar-refractivity contribution in [1.82, 2.24) is 0 Å². The first kappa shape index (κ1) is 11.3. The molecule has 0 aromatic heterocycles. The van der Waals surface area contributed by atoms with Crippen LogP contribution in [0.25, 0.3) is 0 Å². The normalized spacial score (nSPS) is 10.2. The van der Waals surface area contributed by atoms with Crippen LogP contribution in [-0.4, -0.2) is 4.92 Å². The molecule has 0 spiro atoms. The number of nitro benzene ring substituents is 1. The number of benzene rings is 2. The van der Waals surface area contributed by atoms with Gasteiger partial charge in [-0.3, -0.25) is 10.1 Å².